The van der Waals surface area contributed by atoms with E-state index in [1.165, 1.54) is 60.0 Å². The van der Waals surface area contributed by atoms with Crippen LogP contribution in [0, 0.1) is 29.1 Å². The van der Waals surface area contributed by atoms with Gasteiger partial charge in [-0.05, 0) is 115 Å². The fraction of sp³-hybridized carbons (Fsp3) is 0.500. The zero-order valence-corrected chi connectivity index (χ0v) is 25.5. The number of hydrogen-bond acceptors (Lipinski definition) is 2. The van der Waals surface area contributed by atoms with Gasteiger partial charge < -0.3 is 11.1 Å². The van der Waals surface area contributed by atoms with Gasteiger partial charge in [-0.3, -0.25) is 0 Å². The molecule has 0 radical (unpaired) electrons. The van der Waals surface area contributed by atoms with Gasteiger partial charge in [0.1, 0.15) is 0 Å². The molecule has 0 spiro atoms. The highest BCUT2D eigenvalue weighted by Gasteiger charge is 2.29. The van der Waals surface area contributed by atoms with Crippen LogP contribution in [0.5, 0.6) is 0 Å². The van der Waals surface area contributed by atoms with Gasteiger partial charge >= 0.3 is 0 Å². The Kier molecular flexibility index (Phi) is 10.8. The number of rotatable bonds is 10. The van der Waals surface area contributed by atoms with Gasteiger partial charge in [0.15, 0.2) is 0 Å². The van der Waals surface area contributed by atoms with Crippen molar-refractivity contribution >= 4 is 5.71 Å². The van der Waals surface area contributed by atoms with Crippen molar-refractivity contribution in [3.05, 3.63) is 106 Å². The molecule has 4 rings (SSSR count). The molecule has 0 bridgehead atoms. The van der Waals surface area contributed by atoms with E-state index >= 15 is 0 Å². The van der Waals surface area contributed by atoms with E-state index in [1.54, 1.807) is 11.1 Å². The van der Waals surface area contributed by atoms with Crippen molar-refractivity contribution in [2.75, 3.05) is 0 Å². The van der Waals surface area contributed by atoms with E-state index in [9.17, 15) is 0 Å². The Morgan fingerprint density at radius 3 is 2.58 bits per heavy atom. The van der Waals surface area contributed by atoms with Crippen LogP contribution in [0.15, 0.2) is 106 Å². The summed E-state index contributed by atoms with van der Waals surface area (Å²) in [4.78, 5) is 0. The Labute approximate surface area is 244 Å². The third-order valence-corrected chi connectivity index (χ3v) is 9.10. The first-order chi connectivity index (χ1) is 19.3. The van der Waals surface area contributed by atoms with Crippen LogP contribution in [0.2, 0.25) is 0 Å². The van der Waals surface area contributed by atoms with Gasteiger partial charge in [-0.15, -0.1) is 0 Å². The van der Waals surface area contributed by atoms with Gasteiger partial charge in [-0.25, -0.2) is 0 Å². The molecule has 0 aliphatic heterocycles. The average Bonchev–Trinajstić information content (AvgIpc) is 2.94. The minimum Gasteiger partial charge on any atom is -0.319 e. The predicted molar refractivity (Wildman–Crippen MR) is 174 cm³/mol. The third-order valence-electron chi connectivity index (χ3n) is 9.10. The second kappa shape index (κ2) is 14.3. The van der Waals surface area contributed by atoms with Gasteiger partial charge in [0.05, 0.1) is 11.8 Å². The van der Waals surface area contributed by atoms with Crippen LogP contribution in [0.1, 0.15) is 91.9 Å². The summed E-state index contributed by atoms with van der Waals surface area (Å²) in [6, 6.07) is -0.270. The van der Waals surface area contributed by atoms with E-state index in [2.05, 4.69) is 76.8 Å². The summed E-state index contributed by atoms with van der Waals surface area (Å²) in [5.74, 6) is 2.23. The average molecular weight is 537 g/mol. The molecule has 2 unspecified atom stereocenters. The zero-order valence-electron chi connectivity index (χ0n) is 25.5. The molecule has 3 atom stereocenters. The molecule has 214 valence electrons. The van der Waals surface area contributed by atoms with Gasteiger partial charge in [-0.1, -0.05) is 107 Å². The summed E-state index contributed by atoms with van der Waals surface area (Å²) in [5, 5.41) is 8.32. The first kappa shape index (κ1) is 30.3. The monoisotopic (exact) mass is 536 g/mol. The maximum Gasteiger partial charge on any atom is 0.0652 e. The molecule has 0 aromatic heterocycles. The fourth-order valence-corrected chi connectivity index (χ4v) is 7.17. The highest BCUT2D eigenvalue weighted by Crippen LogP contribution is 2.44. The number of nitrogens with one attached hydrogen (secondary N) is 1. The van der Waals surface area contributed by atoms with E-state index in [0.717, 1.165) is 32.1 Å². The summed E-state index contributed by atoms with van der Waals surface area (Å²) in [6.45, 7) is 13.4. The van der Waals surface area contributed by atoms with Crippen LogP contribution in [0.4, 0.5) is 0 Å². The normalized spacial score (nSPS) is 25.6. The minimum absolute atomic E-state index is 0.270. The van der Waals surface area contributed by atoms with Crippen LogP contribution in [0.25, 0.3) is 0 Å². The molecule has 0 amide bonds. The number of nitrogens with two attached hydrogens (primary N) is 1. The van der Waals surface area contributed by atoms with Crippen molar-refractivity contribution in [3.63, 3.8) is 0 Å². The Balaban J connectivity index is 1.77. The molecule has 0 aromatic carbocycles. The fourth-order valence-electron chi connectivity index (χ4n) is 7.17. The molecular formula is C38H52N2. The van der Waals surface area contributed by atoms with Crippen LogP contribution in [-0.4, -0.2) is 11.8 Å². The predicted octanol–water partition coefficient (Wildman–Crippen LogP) is 10.1. The molecule has 4 aliphatic carbocycles. The third kappa shape index (κ3) is 7.72. The van der Waals surface area contributed by atoms with Crippen molar-refractivity contribution in [1.82, 2.24) is 0 Å². The number of allylic oxidation sites excluding steroid dienone is 15. The van der Waals surface area contributed by atoms with Crippen LogP contribution in [-0.2, 0) is 0 Å². The minimum atomic E-state index is -0.270. The van der Waals surface area contributed by atoms with E-state index in [4.69, 9.17) is 11.1 Å². The van der Waals surface area contributed by atoms with Gasteiger partial charge in [0, 0.05) is 0 Å². The largest absolute Gasteiger partial charge is 0.319 e. The molecule has 1 fully saturated rings. The molecular weight excluding hydrogens is 484 g/mol. The molecule has 0 saturated heterocycles. The Morgan fingerprint density at radius 2 is 1.88 bits per heavy atom. The molecule has 0 heterocycles. The Hall–Kier alpha value is -2.71. The summed E-state index contributed by atoms with van der Waals surface area (Å²) >= 11 is 0. The van der Waals surface area contributed by atoms with E-state index < -0.39 is 0 Å². The molecule has 40 heavy (non-hydrogen) atoms. The van der Waals surface area contributed by atoms with E-state index in [-0.39, 0.29) is 6.04 Å². The van der Waals surface area contributed by atoms with Crippen LogP contribution < -0.4 is 5.73 Å². The SMILES string of the molecule is C=C/C=C\C1=CCCC=C1C1=CC(/C(=C(\C)C(CC2=CC(=N)C(N)C=C2)CC(C)C)C2CCCCC2)=C[C@@H](C)C1. The first-order valence-corrected chi connectivity index (χ1v) is 15.8. The molecule has 4 aliphatic rings. The Morgan fingerprint density at radius 1 is 1.12 bits per heavy atom. The highest BCUT2D eigenvalue weighted by molar-refractivity contribution is 6.00. The standard InChI is InChI=1S/C38H52N2/c1-6-7-13-30-14-11-12-17-35(30)33-21-27(4)22-34(25-33)38(31-15-9-8-10-16-31)28(5)32(20-26(2)3)23-29-18-19-36(39)37(40)24-29/h6-7,13-14,17-19,22,24-27,31-32,36,40H,1,8-12,15-16,20-21,23,39H2,2-5H3/b13-7-,38-28+,40-37?/t27-,32?,36?/m0/s1. The first-order valence-electron chi connectivity index (χ1n) is 15.8. The second-order valence-corrected chi connectivity index (χ2v) is 12.9. The lowest BCUT2D eigenvalue weighted by Gasteiger charge is -2.33. The molecule has 2 heteroatoms. The molecule has 1 saturated carbocycles. The smallest absolute Gasteiger partial charge is 0.0652 e. The summed E-state index contributed by atoms with van der Waals surface area (Å²) in [7, 11) is 0. The lowest BCUT2D eigenvalue weighted by Crippen LogP contribution is -2.28. The highest BCUT2D eigenvalue weighted by atomic mass is 14.7. The van der Waals surface area contributed by atoms with Crippen LogP contribution >= 0.6 is 0 Å². The summed E-state index contributed by atoms with van der Waals surface area (Å²) < 4.78 is 0. The second-order valence-electron chi connectivity index (χ2n) is 12.9. The van der Waals surface area contributed by atoms with Gasteiger partial charge in [0.2, 0.25) is 0 Å². The summed E-state index contributed by atoms with van der Waals surface area (Å²) in [6.07, 6.45) is 34.5. The van der Waals surface area contributed by atoms with Crippen molar-refractivity contribution in [3.8, 4) is 0 Å². The van der Waals surface area contributed by atoms with E-state index in [0.29, 0.717) is 29.4 Å². The van der Waals surface area contributed by atoms with Crippen molar-refractivity contribution in [2.24, 2.45) is 29.4 Å². The Bertz CT molecular complexity index is 1200. The maximum atomic E-state index is 8.32. The molecule has 0 aromatic rings. The quantitative estimate of drug-likeness (QED) is 0.268. The van der Waals surface area contributed by atoms with Gasteiger partial charge in [0.25, 0.3) is 0 Å². The lowest BCUT2D eigenvalue weighted by atomic mass is 9.71. The van der Waals surface area contributed by atoms with Crippen molar-refractivity contribution in [2.45, 2.75) is 97.9 Å². The zero-order chi connectivity index (χ0) is 28.6. The number of hydrogen-bond donors (Lipinski definition) is 2. The van der Waals surface area contributed by atoms with Gasteiger partial charge in [-0.2, -0.15) is 0 Å². The topological polar surface area (TPSA) is 49.9 Å². The van der Waals surface area contributed by atoms with Crippen molar-refractivity contribution < 1.29 is 0 Å². The molecule has 2 nitrogen and oxygen atoms in total. The van der Waals surface area contributed by atoms with Crippen molar-refractivity contribution in [1.29, 1.82) is 5.41 Å². The lowest BCUT2D eigenvalue weighted by molar-refractivity contribution is 0.393. The van der Waals surface area contributed by atoms with E-state index in [1.807, 2.05) is 18.2 Å². The van der Waals surface area contributed by atoms with Crippen LogP contribution in [0.3, 0.4) is 0 Å². The maximum absolute atomic E-state index is 8.32. The summed E-state index contributed by atoms with van der Waals surface area (Å²) in [5.41, 5.74) is 16.8. The molecule has 3 N–H and O–H groups in total.